The lowest BCUT2D eigenvalue weighted by atomic mass is 10.1. The number of nitrogens with one attached hydrogen (secondary N) is 2. The van der Waals surface area contributed by atoms with Gasteiger partial charge in [0.05, 0.1) is 6.54 Å². The van der Waals surface area contributed by atoms with E-state index < -0.39 is 0 Å². The van der Waals surface area contributed by atoms with Crippen LogP contribution in [-0.4, -0.2) is 72.5 Å². The van der Waals surface area contributed by atoms with Gasteiger partial charge in [0.15, 0.2) is 5.96 Å². The number of rotatable bonds is 8. The van der Waals surface area contributed by atoms with Gasteiger partial charge >= 0.3 is 0 Å². The van der Waals surface area contributed by atoms with Crippen molar-refractivity contribution in [3.8, 4) is 0 Å². The molecule has 0 unspecified atom stereocenters. The summed E-state index contributed by atoms with van der Waals surface area (Å²) in [7, 11) is 0. The Kier molecular flexibility index (Phi) is 11.4. The lowest BCUT2D eigenvalue weighted by molar-refractivity contribution is -0.131. The van der Waals surface area contributed by atoms with Gasteiger partial charge in [-0.05, 0) is 38.8 Å². The third kappa shape index (κ3) is 8.79. The molecule has 1 aromatic carbocycles. The van der Waals surface area contributed by atoms with Gasteiger partial charge in [0.25, 0.3) is 0 Å². The zero-order valence-corrected chi connectivity index (χ0v) is 22.2. The van der Waals surface area contributed by atoms with Gasteiger partial charge in [-0.1, -0.05) is 29.3 Å². The largest absolute Gasteiger partial charge is 0.357 e. The van der Waals surface area contributed by atoms with Crippen LogP contribution in [0, 0.1) is 13.8 Å². The van der Waals surface area contributed by atoms with Crippen molar-refractivity contribution in [3.63, 3.8) is 0 Å². The zero-order valence-electron chi connectivity index (χ0n) is 19.9. The van der Waals surface area contributed by atoms with Gasteiger partial charge in [0.2, 0.25) is 11.9 Å². The summed E-state index contributed by atoms with van der Waals surface area (Å²) in [5.41, 5.74) is 3.90. The fraction of sp³-hybridized carbons (Fsp3) is 0.500. The number of guanidine groups is 1. The molecule has 0 saturated carbocycles. The highest BCUT2D eigenvalue weighted by Gasteiger charge is 2.22. The van der Waals surface area contributed by atoms with Gasteiger partial charge in [0, 0.05) is 58.1 Å². The molecule has 1 aliphatic rings. The molecule has 3 rings (SSSR count). The number of nitrogens with zero attached hydrogens (tertiary/aromatic N) is 5. The maximum Gasteiger partial charge on any atom is 0.225 e. The molecule has 33 heavy (non-hydrogen) atoms. The molecular weight excluding hydrogens is 529 g/mol. The van der Waals surface area contributed by atoms with E-state index in [1.807, 2.05) is 17.9 Å². The molecule has 0 radical (unpaired) electrons. The first-order chi connectivity index (χ1) is 15.5. The van der Waals surface area contributed by atoms with Crippen molar-refractivity contribution in [3.05, 3.63) is 53.3 Å². The molecule has 2 heterocycles. The first-order valence-electron chi connectivity index (χ1n) is 11.4. The van der Waals surface area contributed by atoms with Crippen LogP contribution in [0.25, 0.3) is 0 Å². The third-order valence-electron chi connectivity index (χ3n) is 5.39. The minimum Gasteiger partial charge on any atom is -0.357 e. The van der Waals surface area contributed by atoms with E-state index in [0.29, 0.717) is 26.1 Å². The minimum atomic E-state index is 0. The van der Waals surface area contributed by atoms with E-state index in [-0.39, 0.29) is 29.9 Å². The van der Waals surface area contributed by atoms with Crippen LogP contribution in [-0.2, 0) is 11.2 Å². The molecular formula is C24H36IN7O. The van der Waals surface area contributed by atoms with Crippen LogP contribution in [0.15, 0.2) is 41.7 Å². The summed E-state index contributed by atoms with van der Waals surface area (Å²) in [4.78, 5) is 29.8. The molecule has 1 fully saturated rings. The summed E-state index contributed by atoms with van der Waals surface area (Å²) in [6, 6.07) is 8.45. The van der Waals surface area contributed by atoms with Gasteiger partial charge in [-0.3, -0.25) is 9.79 Å². The fourth-order valence-electron chi connectivity index (χ4n) is 3.91. The van der Waals surface area contributed by atoms with E-state index >= 15 is 0 Å². The Balaban J connectivity index is 0.00000385. The Labute approximate surface area is 214 Å². The van der Waals surface area contributed by atoms with Gasteiger partial charge < -0.3 is 20.4 Å². The molecule has 180 valence electrons. The standard InChI is InChI=1S/C24H35N7O.HI/c1-4-25-23(26-10-6-21-17-19(2)16-20(3)18-21)27-11-7-22(32)30-12-14-31(15-13-30)24-28-8-5-9-29-24;/h5,8-9,16-18H,4,6-7,10-15H2,1-3H3,(H2,25,26,27);1H. The average molecular weight is 566 g/mol. The number of carbonyl (C=O) groups excluding carboxylic acids is 1. The van der Waals surface area contributed by atoms with Crippen molar-refractivity contribution in [1.29, 1.82) is 0 Å². The first-order valence-corrected chi connectivity index (χ1v) is 11.4. The highest BCUT2D eigenvalue weighted by Crippen LogP contribution is 2.11. The Morgan fingerprint density at radius 3 is 2.33 bits per heavy atom. The van der Waals surface area contributed by atoms with Crippen LogP contribution in [0.5, 0.6) is 0 Å². The summed E-state index contributed by atoms with van der Waals surface area (Å²) in [5, 5.41) is 6.64. The Bertz CT molecular complexity index is 879. The summed E-state index contributed by atoms with van der Waals surface area (Å²) >= 11 is 0. The van der Waals surface area contributed by atoms with E-state index in [1.165, 1.54) is 16.7 Å². The number of halogens is 1. The van der Waals surface area contributed by atoms with Gasteiger partial charge in [-0.15, -0.1) is 24.0 Å². The lowest BCUT2D eigenvalue weighted by Crippen LogP contribution is -2.49. The molecule has 1 amide bonds. The summed E-state index contributed by atoms with van der Waals surface area (Å²) < 4.78 is 0. The molecule has 1 aromatic heterocycles. The van der Waals surface area contributed by atoms with E-state index in [4.69, 9.17) is 0 Å². The summed E-state index contributed by atoms with van der Waals surface area (Å²) in [6.45, 7) is 11.2. The Morgan fingerprint density at radius 2 is 1.70 bits per heavy atom. The number of aliphatic imine (C=N–C) groups is 1. The molecule has 0 bridgehead atoms. The number of aromatic nitrogens is 2. The molecule has 0 spiro atoms. The van der Waals surface area contributed by atoms with Crippen molar-refractivity contribution in [2.45, 2.75) is 33.6 Å². The second kappa shape index (κ2) is 14.0. The topological polar surface area (TPSA) is 85.8 Å². The number of aryl methyl sites for hydroxylation is 2. The molecule has 1 aliphatic heterocycles. The van der Waals surface area contributed by atoms with E-state index in [2.05, 4.69) is 62.5 Å². The second-order valence-electron chi connectivity index (χ2n) is 8.10. The molecule has 9 heteroatoms. The quantitative estimate of drug-likeness (QED) is 0.291. The minimum absolute atomic E-state index is 0. The second-order valence-corrected chi connectivity index (χ2v) is 8.10. The van der Waals surface area contributed by atoms with Crippen LogP contribution in [0.4, 0.5) is 5.95 Å². The maximum atomic E-state index is 12.6. The molecule has 8 nitrogen and oxygen atoms in total. The molecule has 0 atom stereocenters. The van der Waals surface area contributed by atoms with Crippen LogP contribution < -0.4 is 15.5 Å². The molecule has 2 aromatic rings. The van der Waals surface area contributed by atoms with Crippen molar-refractivity contribution in [2.75, 3.05) is 50.7 Å². The van der Waals surface area contributed by atoms with E-state index in [9.17, 15) is 4.79 Å². The van der Waals surface area contributed by atoms with Crippen LogP contribution >= 0.6 is 24.0 Å². The van der Waals surface area contributed by atoms with E-state index in [1.54, 1.807) is 12.4 Å². The third-order valence-corrected chi connectivity index (χ3v) is 5.39. The molecule has 2 N–H and O–H groups in total. The number of piperazine rings is 1. The molecule has 0 aliphatic carbocycles. The predicted molar refractivity (Wildman–Crippen MR) is 144 cm³/mol. The number of hydrogen-bond donors (Lipinski definition) is 2. The van der Waals surface area contributed by atoms with Gasteiger partial charge in [-0.25, -0.2) is 9.97 Å². The van der Waals surface area contributed by atoms with Crippen molar-refractivity contribution < 1.29 is 4.79 Å². The van der Waals surface area contributed by atoms with Crippen LogP contribution in [0.1, 0.15) is 30.0 Å². The number of amides is 1. The number of carbonyl (C=O) groups is 1. The average Bonchev–Trinajstić information content (AvgIpc) is 2.79. The predicted octanol–water partition coefficient (Wildman–Crippen LogP) is 2.55. The lowest BCUT2D eigenvalue weighted by Gasteiger charge is -2.34. The molecule has 1 saturated heterocycles. The number of hydrogen-bond acceptors (Lipinski definition) is 5. The summed E-state index contributed by atoms with van der Waals surface area (Å²) in [5.74, 6) is 1.63. The zero-order chi connectivity index (χ0) is 22.8. The van der Waals surface area contributed by atoms with Crippen molar-refractivity contribution in [2.24, 2.45) is 4.99 Å². The van der Waals surface area contributed by atoms with Crippen LogP contribution in [0.2, 0.25) is 0 Å². The van der Waals surface area contributed by atoms with Crippen molar-refractivity contribution >= 4 is 41.8 Å². The first kappa shape index (κ1) is 26.8. The monoisotopic (exact) mass is 565 g/mol. The normalized spacial score (nSPS) is 14.0. The fourth-order valence-corrected chi connectivity index (χ4v) is 3.91. The summed E-state index contributed by atoms with van der Waals surface area (Å²) in [6.07, 6.45) is 4.84. The SMILES string of the molecule is CCNC(=NCCC(=O)N1CCN(c2ncccn2)CC1)NCCc1cc(C)cc(C)c1.I. The number of benzene rings is 1. The Morgan fingerprint density at radius 1 is 1.03 bits per heavy atom. The maximum absolute atomic E-state index is 12.6. The van der Waals surface area contributed by atoms with Gasteiger partial charge in [-0.2, -0.15) is 0 Å². The van der Waals surface area contributed by atoms with Crippen molar-refractivity contribution in [1.82, 2.24) is 25.5 Å². The smallest absolute Gasteiger partial charge is 0.225 e. The highest BCUT2D eigenvalue weighted by molar-refractivity contribution is 14.0. The number of anilines is 1. The van der Waals surface area contributed by atoms with Crippen LogP contribution in [0.3, 0.4) is 0 Å². The Hall–Kier alpha value is -2.43. The van der Waals surface area contributed by atoms with Gasteiger partial charge in [0.1, 0.15) is 0 Å². The highest BCUT2D eigenvalue weighted by atomic mass is 127. The van der Waals surface area contributed by atoms with E-state index in [0.717, 1.165) is 44.5 Å².